The maximum absolute atomic E-state index is 13.4. The first-order valence-corrected chi connectivity index (χ1v) is 12.9. The predicted molar refractivity (Wildman–Crippen MR) is 146 cm³/mol. The Labute approximate surface area is 228 Å². The van der Waals surface area contributed by atoms with E-state index in [1.165, 1.54) is 17.1 Å². The van der Waals surface area contributed by atoms with Crippen molar-refractivity contribution in [3.05, 3.63) is 107 Å². The number of carbonyl (C=O) groups excluding carboxylic acids is 3. The van der Waals surface area contributed by atoms with Crippen LogP contribution in [0.4, 0.5) is 4.39 Å². The number of nitrogens with zero attached hydrogens (tertiary/aromatic N) is 4. The Morgan fingerprint density at radius 2 is 1.51 bits per heavy atom. The van der Waals surface area contributed by atoms with Crippen LogP contribution in [-0.4, -0.2) is 77.4 Å². The van der Waals surface area contributed by atoms with Crippen molar-refractivity contribution in [3.63, 3.8) is 0 Å². The molecule has 2 aliphatic rings. The standard InChI is InChI=1S/C22H24N4O3.C8H10FN/c1-23-15-21(28)26-19(12-17-8-4-2-5-9-17)22(29)24(14-20(26)25(23)16-27)13-18-10-6-3-7-11-18;1-10-6-7-2-4-8(9)5-3-7/h2-11,16,19-20H,12-15H2,1H3;2-5,10H,6H2,1H3/t19-,20?;/m0./s1. The number of hydrogen-bond acceptors (Lipinski definition) is 5. The van der Waals surface area contributed by atoms with Gasteiger partial charge in [0.15, 0.2) is 0 Å². The van der Waals surface area contributed by atoms with Gasteiger partial charge in [-0.1, -0.05) is 72.8 Å². The van der Waals surface area contributed by atoms with E-state index in [1.54, 1.807) is 34.0 Å². The highest BCUT2D eigenvalue weighted by atomic mass is 19.1. The highest BCUT2D eigenvalue weighted by molar-refractivity contribution is 5.91. The molecule has 2 atom stereocenters. The highest BCUT2D eigenvalue weighted by Crippen LogP contribution is 2.27. The Hall–Kier alpha value is -4.08. The number of hydrazine groups is 1. The second kappa shape index (κ2) is 13.1. The van der Waals surface area contributed by atoms with Crippen LogP contribution in [0.5, 0.6) is 0 Å². The number of hydrogen-bond donors (Lipinski definition) is 1. The summed E-state index contributed by atoms with van der Waals surface area (Å²) in [4.78, 5) is 41.5. The molecule has 2 fully saturated rings. The lowest BCUT2D eigenvalue weighted by atomic mass is 9.98. The zero-order valence-corrected chi connectivity index (χ0v) is 22.2. The average Bonchev–Trinajstić information content (AvgIpc) is 2.94. The zero-order chi connectivity index (χ0) is 27.8. The van der Waals surface area contributed by atoms with Gasteiger partial charge in [0, 0.05) is 26.6 Å². The number of fused-ring (bicyclic) bond motifs is 1. The van der Waals surface area contributed by atoms with Gasteiger partial charge in [0.2, 0.25) is 18.2 Å². The first-order chi connectivity index (χ1) is 18.9. The van der Waals surface area contributed by atoms with Crippen LogP contribution in [0.3, 0.4) is 0 Å². The minimum atomic E-state index is -0.636. The number of nitrogens with one attached hydrogen (secondary N) is 1. The van der Waals surface area contributed by atoms with E-state index in [0.717, 1.165) is 29.6 Å². The van der Waals surface area contributed by atoms with Crippen molar-refractivity contribution < 1.29 is 18.8 Å². The quantitative estimate of drug-likeness (QED) is 0.475. The number of amides is 3. The number of carbonyl (C=O) groups is 3. The summed E-state index contributed by atoms with van der Waals surface area (Å²) in [5.74, 6) is -0.401. The van der Waals surface area contributed by atoms with Gasteiger partial charge < -0.3 is 15.1 Å². The minimum Gasteiger partial charge on any atom is -0.333 e. The summed E-state index contributed by atoms with van der Waals surface area (Å²) in [6.07, 6.45) is 0.651. The van der Waals surface area contributed by atoms with E-state index >= 15 is 0 Å². The van der Waals surface area contributed by atoms with Crippen LogP contribution in [0.25, 0.3) is 0 Å². The van der Waals surface area contributed by atoms with Gasteiger partial charge in [-0.15, -0.1) is 0 Å². The Bertz CT molecular complexity index is 1240. The summed E-state index contributed by atoms with van der Waals surface area (Å²) >= 11 is 0. The number of rotatable bonds is 7. The van der Waals surface area contributed by atoms with Gasteiger partial charge in [0.25, 0.3) is 0 Å². The van der Waals surface area contributed by atoms with Crippen LogP contribution in [0.15, 0.2) is 84.9 Å². The Balaban J connectivity index is 0.000000298. The number of halogens is 1. The monoisotopic (exact) mass is 531 g/mol. The SMILES string of the molecule is CN1CC(=O)N2C(CN(Cc3ccccc3)C(=O)[C@@H]2Cc2ccccc2)N1C=O.CNCc1ccc(F)cc1. The first kappa shape index (κ1) is 27.9. The van der Waals surface area contributed by atoms with Crippen LogP contribution in [0.2, 0.25) is 0 Å². The maximum Gasteiger partial charge on any atom is 0.246 e. The summed E-state index contributed by atoms with van der Waals surface area (Å²) in [5.41, 5.74) is 3.10. The topological polar surface area (TPSA) is 76.2 Å². The molecule has 8 nitrogen and oxygen atoms in total. The number of benzene rings is 3. The summed E-state index contributed by atoms with van der Waals surface area (Å²) in [6, 6.07) is 25.3. The maximum atomic E-state index is 13.4. The molecule has 39 heavy (non-hydrogen) atoms. The molecule has 204 valence electrons. The van der Waals surface area contributed by atoms with Crippen LogP contribution >= 0.6 is 0 Å². The fourth-order valence-electron chi connectivity index (χ4n) is 4.98. The summed E-state index contributed by atoms with van der Waals surface area (Å²) in [6.45, 7) is 1.60. The molecule has 2 saturated heterocycles. The first-order valence-electron chi connectivity index (χ1n) is 12.9. The van der Waals surface area contributed by atoms with Gasteiger partial charge >= 0.3 is 0 Å². The Morgan fingerprint density at radius 1 is 0.897 bits per heavy atom. The largest absolute Gasteiger partial charge is 0.333 e. The number of likely N-dealkylation sites (N-methyl/N-ethyl adjacent to an activating group) is 1. The lowest BCUT2D eigenvalue weighted by molar-refractivity contribution is -0.196. The van der Waals surface area contributed by atoms with Crippen LogP contribution < -0.4 is 5.32 Å². The Morgan fingerprint density at radius 3 is 2.10 bits per heavy atom. The van der Waals surface area contributed by atoms with E-state index < -0.39 is 12.2 Å². The fraction of sp³-hybridized carbons (Fsp3) is 0.300. The molecule has 9 heteroatoms. The van der Waals surface area contributed by atoms with E-state index in [-0.39, 0.29) is 30.7 Å². The molecule has 1 N–H and O–H groups in total. The fourth-order valence-corrected chi connectivity index (χ4v) is 4.98. The molecular formula is C30H34FN5O3. The molecule has 0 aliphatic carbocycles. The van der Waals surface area contributed by atoms with Crippen molar-refractivity contribution in [2.45, 2.75) is 31.7 Å². The lowest BCUT2D eigenvalue weighted by Crippen LogP contribution is -2.74. The molecule has 2 heterocycles. The van der Waals surface area contributed by atoms with Gasteiger partial charge in [0.1, 0.15) is 18.0 Å². The second-order valence-corrected chi connectivity index (χ2v) is 9.65. The molecule has 0 saturated carbocycles. The third-order valence-corrected chi connectivity index (χ3v) is 6.88. The molecule has 0 spiro atoms. The van der Waals surface area contributed by atoms with Crippen molar-refractivity contribution >= 4 is 18.2 Å². The molecule has 2 aliphatic heterocycles. The minimum absolute atomic E-state index is 0.0759. The van der Waals surface area contributed by atoms with Gasteiger partial charge in [-0.3, -0.25) is 19.4 Å². The van der Waals surface area contributed by atoms with E-state index in [2.05, 4.69) is 5.32 Å². The van der Waals surface area contributed by atoms with Crippen molar-refractivity contribution in [2.75, 3.05) is 27.2 Å². The lowest BCUT2D eigenvalue weighted by Gasteiger charge is -2.53. The van der Waals surface area contributed by atoms with Gasteiger partial charge in [-0.05, 0) is 35.9 Å². The number of piperazine rings is 1. The van der Waals surface area contributed by atoms with E-state index in [9.17, 15) is 18.8 Å². The van der Waals surface area contributed by atoms with Gasteiger partial charge in [0.05, 0.1) is 13.1 Å². The average molecular weight is 532 g/mol. The molecule has 0 aromatic heterocycles. The summed E-state index contributed by atoms with van der Waals surface area (Å²) < 4.78 is 12.3. The molecule has 3 aromatic rings. The summed E-state index contributed by atoms with van der Waals surface area (Å²) in [7, 11) is 3.58. The van der Waals surface area contributed by atoms with Crippen LogP contribution in [0, 0.1) is 5.82 Å². The van der Waals surface area contributed by atoms with Gasteiger partial charge in [-0.25, -0.2) is 9.40 Å². The van der Waals surface area contributed by atoms with Gasteiger partial charge in [-0.2, -0.15) is 0 Å². The normalized spacial score (nSPS) is 19.3. The predicted octanol–water partition coefficient (Wildman–Crippen LogP) is 2.66. The van der Waals surface area contributed by atoms with Crippen molar-refractivity contribution in [1.29, 1.82) is 0 Å². The van der Waals surface area contributed by atoms with E-state index in [0.29, 0.717) is 13.0 Å². The molecule has 3 aromatic carbocycles. The van der Waals surface area contributed by atoms with Crippen molar-refractivity contribution in [3.8, 4) is 0 Å². The zero-order valence-electron chi connectivity index (χ0n) is 22.2. The molecule has 1 unspecified atom stereocenters. The highest BCUT2D eigenvalue weighted by Gasteiger charge is 2.48. The second-order valence-electron chi connectivity index (χ2n) is 9.65. The molecule has 0 bridgehead atoms. The smallest absolute Gasteiger partial charge is 0.246 e. The third kappa shape index (κ3) is 6.87. The Kier molecular flexibility index (Phi) is 9.40. The molecule has 3 amide bonds. The van der Waals surface area contributed by atoms with E-state index in [1.807, 2.05) is 67.7 Å². The third-order valence-electron chi connectivity index (χ3n) is 6.88. The molecular weight excluding hydrogens is 497 g/mol. The van der Waals surface area contributed by atoms with Crippen LogP contribution in [-0.2, 0) is 33.9 Å². The van der Waals surface area contributed by atoms with Crippen LogP contribution in [0.1, 0.15) is 16.7 Å². The molecule has 5 rings (SSSR count). The molecule has 0 radical (unpaired) electrons. The van der Waals surface area contributed by atoms with Crippen molar-refractivity contribution in [1.82, 2.24) is 25.1 Å². The van der Waals surface area contributed by atoms with E-state index in [4.69, 9.17) is 0 Å². The van der Waals surface area contributed by atoms with Crippen molar-refractivity contribution in [2.24, 2.45) is 0 Å². The summed E-state index contributed by atoms with van der Waals surface area (Å²) in [5, 5.41) is 6.12.